The number of aromatic nitrogens is 1. The SMILES string of the molecule is COc1nc2c([N+](=O)[O-])cccc2cc1C. The van der Waals surface area contributed by atoms with Crippen LogP contribution in [-0.4, -0.2) is 17.0 Å². The zero-order valence-corrected chi connectivity index (χ0v) is 8.93. The Bertz CT molecular complexity index is 566. The summed E-state index contributed by atoms with van der Waals surface area (Å²) in [6, 6.07) is 6.70. The largest absolute Gasteiger partial charge is 0.481 e. The number of nitrogens with zero attached hydrogens (tertiary/aromatic N) is 2. The smallest absolute Gasteiger partial charge is 0.295 e. The van der Waals surface area contributed by atoms with E-state index in [0.29, 0.717) is 11.4 Å². The summed E-state index contributed by atoms with van der Waals surface area (Å²) in [6.45, 7) is 1.85. The van der Waals surface area contributed by atoms with Crippen LogP contribution in [-0.2, 0) is 0 Å². The number of hydrogen-bond acceptors (Lipinski definition) is 4. The summed E-state index contributed by atoms with van der Waals surface area (Å²) in [5.74, 6) is 0.418. The Labute approximate surface area is 91.8 Å². The second-order valence-corrected chi connectivity index (χ2v) is 3.42. The van der Waals surface area contributed by atoms with Gasteiger partial charge in [0.2, 0.25) is 5.88 Å². The van der Waals surface area contributed by atoms with Gasteiger partial charge in [-0.05, 0) is 13.0 Å². The number of nitro benzene ring substituents is 1. The van der Waals surface area contributed by atoms with Gasteiger partial charge in [0.25, 0.3) is 5.69 Å². The van der Waals surface area contributed by atoms with Gasteiger partial charge in [-0.3, -0.25) is 10.1 Å². The normalized spacial score (nSPS) is 10.4. The number of pyridine rings is 1. The number of aryl methyl sites for hydroxylation is 1. The summed E-state index contributed by atoms with van der Waals surface area (Å²) in [4.78, 5) is 14.5. The highest BCUT2D eigenvalue weighted by molar-refractivity contribution is 5.88. The Hall–Kier alpha value is -2.17. The van der Waals surface area contributed by atoms with Gasteiger partial charge < -0.3 is 4.74 Å². The van der Waals surface area contributed by atoms with Crippen molar-refractivity contribution in [1.29, 1.82) is 0 Å². The number of rotatable bonds is 2. The first-order chi connectivity index (χ1) is 7.63. The molecule has 0 spiro atoms. The van der Waals surface area contributed by atoms with Crippen molar-refractivity contribution in [3.8, 4) is 5.88 Å². The summed E-state index contributed by atoms with van der Waals surface area (Å²) in [5.41, 5.74) is 1.21. The Kier molecular flexibility index (Phi) is 2.44. The molecule has 1 aromatic heterocycles. The van der Waals surface area contributed by atoms with Crippen LogP contribution in [0.1, 0.15) is 5.56 Å². The van der Waals surface area contributed by atoms with E-state index >= 15 is 0 Å². The highest BCUT2D eigenvalue weighted by Gasteiger charge is 2.14. The molecule has 0 saturated heterocycles. The van der Waals surface area contributed by atoms with E-state index in [2.05, 4.69) is 4.98 Å². The number of nitro groups is 1. The second kappa shape index (κ2) is 3.77. The number of non-ortho nitro benzene ring substituents is 1. The Balaban J connectivity index is 2.81. The van der Waals surface area contributed by atoms with Gasteiger partial charge >= 0.3 is 0 Å². The molecule has 16 heavy (non-hydrogen) atoms. The molecule has 0 aliphatic rings. The first-order valence-corrected chi connectivity index (χ1v) is 4.72. The molecule has 0 amide bonds. The number of fused-ring (bicyclic) bond motifs is 1. The maximum absolute atomic E-state index is 10.8. The molecule has 5 heteroatoms. The first kappa shape index (κ1) is 10.4. The minimum absolute atomic E-state index is 0.00389. The average molecular weight is 218 g/mol. The fourth-order valence-corrected chi connectivity index (χ4v) is 1.63. The van der Waals surface area contributed by atoms with E-state index in [9.17, 15) is 10.1 Å². The highest BCUT2D eigenvalue weighted by atomic mass is 16.6. The van der Waals surface area contributed by atoms with Crippen LogP contribution in [0.5, 0.6) is 5.88 Å². The molecule has 1 heterocycles. The van der Waals surface area contributed by atoms with E-state index in [-0.39, 0.29) is 5.69 Å². The molecule has 0 radical (unpaired) electrons. The predicted octanol–water partition coefficient (Wildman–Crippen LogP) is 2.46. The van der Waals surface area contributed by atoms with Gasteiger partial charge in [0.05, 0.1) is 12.0 Å². The maximum atomic E-state index is 10.8. The Morgan fingerprint density at radius 2 is 2.19 bits per heavy atom. The number of ether oxygens (including phenoxy) is 1. The molecular formula is C11H10N2O3. The van der Waals surface area contributed by atoms with Gasteiger partial charge in [0.1, 0.15) is 0 Å². The second-order valence-electron chi connectivity index (χ2n) is 3.42. The average Bonchev–Trinajstić information content (AvgIpc) is 2.26. The van der Waals surface area contributed by atoms with Crippen molar-refractivity contribution in [3.05, 3.63) is 39.9 Å². The van der Waals surface area contributed by atoms with Gasteiger partial charge in [-0.25, -0.2) is 4.98 Å². The van der Waals surface area contributed by atoms with Gasteiger partial charge in [-0.1, -0.05) is 12.1 Å². The highest BCUT2D eigenvalue weighted by Crippen LogP contribution is 2.27. The quantitative estimate of drug-likeness (QED) is 0.573. The van der Waals surface area contributed by atoms with Gasteiger partial charge in [0.15, 0.2) is 5.52 Å². The predicted molar refractivity (Wildman–Crippen MR) is 59.7 cm³/mol. The third-order valence-electron chi connectivity index (χ3n) is 2.36. The molecule has 0 aliphatic carbocycles. The Morgan fingerprint density at radius 3 is 2.81 bits per heavy atom. The van der Waals surface area contributed by atoms with Crippen LogP contribution in [0.3, 0.4) is 0 Å². The van der Waals surface area contributed by atoms with Crippen molar-refractivity contribution < 1.29 is 9.66 Å². The van der Waals surface area contributed by atoms with Crippen LogP contribution in [0.2, 0.25) is 0 Å². The summed E-state index contributed by atoms with van der Waals surface area (Å²) in [6.07, 6.45) is 0. The van der Waals surface area contributed by atoms with Crippen molar-refractivity contribution in [1.82, 2.24) is 4.98 Å². The summed E-state index contributed by atoms with van der Waals surface area (Å²) in [5, 5.41) is 11.6. The Morgan fingerprint density at radius 1 is 1.44 bits per heavy atom. The monoisotopic (exact) mass is 218 g/mol. The molecule has 0 unspecified atom stereocenters. The molecule has 0 aliphatic heterocycles. The number of hydrogen-bond donors (Lipinski definition) is 0. The van der Waals surface area contributed by atoms with Crippen LogP contribution >= 0.6 is 0 Å². The molecule has 82 valence electrons. The molecule has 2 rings (SSSR count). The topological polar surface area (TPSA) is 65.3 Å². The van der Waals surface area contributed by atoms with Crippen molar-refractivity contribution in [2.24, 2.45) is 0 Å². The molecule has 0 bridgehead atoms. The van der Waals surface area contributed by atoms with Gasteiger partial charge in [0, 0.05) is 17.0 Å². The fraction of sp³-hybridized carbons (Fsp3) is 0.182. The lowest BCUT2D eigenvalue weighted by Gasteiger charge is -2.05. The van der Waals surface area contributed by atoms with E-state index in [1.165, 1.54) is 13.2 Å². The van der Waals surface area contributed by atoms with Crippen LogP contribution in [0.25, 0.3) is 10.9 Å². The van der Waals surface area contributed by atoms with Gasteiger partial charge in [-0.2, -0.15) is 0 Å². The molecule has 1 aromatic carbocycles. The third kappa shape index (κ3) is 1.56. The van der Waals surface area contributed by atoms with Crippen molar-refractivity contribution in [2.75, 3.05) is 7.11 Å². The molecule has 5 nitrogen and oxygen atoms in total. The first-order valence-electron chi connectivity index (χ1n) is 4.72. The fourth-order valence-electron chi connectivity index (χ4n) is 1.63. The lowest BCUT2D eigenvalue weighted by Crippen LogP contribution is -1.95. The van der Waals surface area contributed by atoms with E-state index in [1.807, 2.05) is 13.0 Å². The van der Waals surface area contributed by atoms with E-state index < -0.39 is 4.92 Å². The lowest BCUT2D eigenvalue weighted by atomic mass is 10.1. The lowest BCUT2D eigenvalue weighted by molar-refractivity contribution is -0.383. The van der Waals surface area contributed by atoms with E-state index in [0.717, 1.165) is 10.9 Å². The van der Waals surface area contributed by atoms with E-state index in [1.54, 1.807) is 12.1 Å². The number of methoxy groups -OCH3 is 1. The van der Waals surface area contributed by atoms with Gasteiger partial charge in [-0.15, -0.1) is 0 Å². The molecule has 0 saturated carbocycles. The van der Waals surface area contributed by atoms with Crippen molar-refractivity contribution >= 4 is 16.6 Å². The number of para-hydroxylation sites is 1. The summed E-state index contributed by atoms with van der Waals surface area (Å²) < 4.78 is 5.05. The number of benzene rings is 1. The molecule has 0 atom stereocenters. The molecule has 0 fully saturated rings. The van der Waals surface area contributed by atoms with E-state index in [4.69, 9.17) is 4.74 Å². The molecular weight excluding hydrogens is 208 g/mol. The van der Waals surface area contributed by atoms with Crippen LogP contribution in [0.15, 0.2) is 24.3 Å². The van der Waals surface area contributed by atoms with Crippen LogP contribution in [0, 0.1) is 17.0 Å². The summed E-state index contributed by atoms with van der Waals surface area (Å²) >= 11 is 0. The van der Waals surface area contributed by atoms with Crippen LogP contribution in [0.4, 0.5) is 5.69 Å². The minimum Gasteiger partial charge on any atom is -0.481 e. The summed E-state index contributed by atoms with van der Waals surface area (Å²) in [7, 11) is 1.50. The zero-order chi connectivity index (χ0) is 11.7. The zero-order valence-electron chi connectivity index (χ0n) is 8.93. The molecule has 0 N–H and O–H groups in total. The standard InChI is InChI=1S/C11H10N2O3/c1-7-6-8-4-3-5-9(13(14)15)10(8)12-11(7)16-2/h3-6H,1-2H3. The third-order valence-corrected chi connectivity index (χ3v) is 2.36. The minimum atomic E-state index is -0.440. The van der Waals surface area contributed by atoms with Crippen LogP contribution < -0.4 is 4.74 Å². The molecule has 2 aromatic rings. The van der Waals surface area contributed by atoms with Crippen molar-refractivity contribution in [2.45, 2.75) is 6.92 Å². The maximum Gasteiger partial charge on any atom is 0.295 e. The van der Waals surface area contributed by atoms with Crippen molar-refractivity contribution in [3.63, 3.8) is 0 Å².